The Kier molecular flexibility index (Phi) is 4.08. The zero-order valence-electron chi connectivity index (χ0n) is 10.2. The van der Waals surface area contributed by atoms with Gasteiger partial charge in [0.1, 0.15) is 0 Å². The maximum absolute atomic E-state index is 13.7. The molecule has 0 fully saturated rings. The monoisotopic (exact) mass is 252 g/mol. The Hall–Kier alpha value is -1.88. The van der Waals surface area contributed by atoms with Crippen LogP contribution in [0.3, 0.4) is 0 Å². The molecule has 4 nitrogen and oxygen atoms in total. The van der Waals surface area contributed by atoms with E-state index in [0.717, 1.165) is 0 Å². The molecule has 0 saturated heterocycles. The van der Waals surface area contributed by atoms with Crippen LogP contribution in [0.5, 0.6) is 0 Å². The number of alkyl halides is 1. The molecule has 0 spiro atoms. The van der Waals surface area contributed by atoms with E-state index in [-0.39, 0.29) is 17.7 Å². The first-order chi connectivity index (χ1) is 8.21. The molecule has 5 heteroatoms. The van der Waals surface area contributed by atoms with Gasteiger partial charge in [0, 0.05) is 17.7 Å². The van der Waals surface area contributed by atoms with Gasteiger partial charge >= 0.3 is 5.97 Å². The predicted octanol–water partition coefficient (Wildman–Crippen LogP) is 2.25. The van der Waals surface area contributed by atoms with Crippen molar-refractivity contribution in [2.24, 2.45) is 5.73 Å². The predicted molar refractivity (Wildman–Crippen MR) is 69.4 cm³/mol. The van der Waals surface area contributed by atoms with E-state index in [9.17, 15) is 9.18 Å². The fraction of sp³-hybridized carbons (Fsp3) is 0.308. The zero-order chi connectivity index (χ0) is 13.9. The van der Waals surface area contributed by atoms with Gasteiger partial charge in [-0.15, -0.1) is 0 Å². The lowest BCUT2D eigenvalue weighted by atomic mass is 9.96. The molecule has 0 aliphatic heterocycles. The Labute approximate surface area is 105 Å². The maximum Gasteiger partial charge on any atom is 0.303 e. The first-order valence-corrected chi connectivity index (χ1v) is 5.49. The summed E-state index contributed by atoms with van der Waals surface area (Å²) in [6, 6.07) is 4.73. The molecule has 18 heavy (non-hydrogen) atoms. The Bertz CT molecular complexity index is 478. The molecular weight excluding hydrogens is 235 g/mol. The molecule has 5 N–H and O–H groups in total. The number of carboxylic acid groups (broad SMARTS) is 1. The topological polar surface area (TPSA) is 89.3 Å². The van der Waals surface area contributed by atoms with E-state index < -0.39 is 11.8 Å². The number of aliphatic carboxylic acids is 1. The van der Waals surface area contributed by atoms with Gasteiger partial charge in [0.15, 0.2) is 5.79 Å². The first kappa shape index (κ1) is 14.2. The van der Waals surface area contributed by atoms with E-state index in [1.165, 1.54) is 13.0 Å². The highest BCUT2D eigenvalue weighted by atomic mass is 19.1. The summed E-state index contributed by atoms with van der Waals surface area (Å²) in [4.78, 5) is 10.5. The highest BCUT2D eigenvalue weighted by Crippen LogP contribution is 2.29. The van der Waals surface area contributed by atoms with Gasteiger partial charge in [0.05, 0.1) is 0 Å². The molecule has 98 valence electrons. The average molecular weight is 252 g/mol. The van der Waals surface area contributed by atoms with Crippen LogP contribution in [0.25, 0.3) is 5.57 Å². The molecule has 0 amide bonds. The quantitative estimate of drug-likeness (QED) is 0.554. The Balaban J connectivity index is 2.98. The van der Waals surface area contributed by atoms with Crippen molar-refractivity contribution in [2.45, 2.75) is 25.6 Å². The van der Waals surface area contributed by atoms with Crippen LogP contribution in [0.4, 0.5) is 10.1 Å². The summed E-state index contributed by atoms with van der Waals surface area (Å²) in [5, 5.41) is 8.60. The second-order valence-corrected chi connectivity index (χ2v) is 4.37. The third kappa shape index (κ3) is 3.56. The van der Waals surface area contributed by atoms with Crippen LogP contribution in [0.15, 0.2) is 24.8 Å². The fourth-order valence-electron chi connectivity index (χ4n) is 1.60. The lowest BCUT2D eigenvalue weighted by Crippen LogP contribution is -2.28. The van der Waals surface area contributed by atoms with Crippen LogP contribution in [0, 0.1) is 0 Å². The molecule has 0 heterocycles. The van der Waals surface area contributed by atoms with Crippen LogP contribution >= 0.6 is 0 Å². The number of carbonyl (C=O) groups is 1. The summed E-state index contributed by atoms with van der Waals surface area (Å²) in [7, 11) is 0. The number of rotatable bonds is 5. The molecule has 0 aliphatic carbocycles. The number of carboxylic acids is 1. The lowest BCUT2D eigenvalue weighted by molar-refractivity contribution is -0.136. The van der Waals surface area contributed by atoms with Gasteiger partial charge < -0.3 is 10.8 Å². The maximum atomic E-state index is 13.7. The van der Waals surface area contributed by atoms with Gasteiger partial charge in [-0.1, -0.05) is 12.6 Å². The van der Waals surface area contributed by atoms with Gasteiger partial charge in [0.25, 0.3) is 0 Å². The molecule has 1 atom stereocenters. The van der Waals surface area contributed by atoms with Gasteiger partial charge in [0.2, 0.25) is 0 Å². The van der Waals surface area contributed by atoms with Crippen LogP contribution in [0.2, 0.25) is 0 Å². The third-order valence-corrected chi connectivity index (χ3v) is 2.63. The van der Waals surface area contributed by atoms with Crippen LogP contribution in [-0.4, -0.2) is 11.1 Å². The number of hydrogen-bond donors (Lipinski definition) is 3. The standard InChI is InChI=1S/C13H17FN2O2/c1-8(3-6-12(17)18)9-4-5-11(15)10(7-9)13(2,14)16/h4-5,7H,1,3,6,15-16H2,2H3,(H,17,18). The molecule has 1 rings (SSSR count). The molecule has 1 aromatic rings. The summed E-state index contributed by atoms with van der Waals surface area (Å²) < 4.78 is 13.7. The van der Waals surface area contributed by atoms with Crippen molar-refractivity contribution in [3.8, 4) is 0 Å². The van der Waals surface area contributed by atoms with E-state index >= 15 is 0 Å². The summed E-state index contributed by atoms with van der Waals surface area (Å²) in [6.07, 6.45) is 0.278. The highest BCUT2D eigenvalue weighted by molar-refractivity contribution is 5.73. The SMILES string of the molecule is C=C(CCC(=O)O)c1ccc(N)c(C(C)(N)F)c1. The Morgan fingerprint density at radius 2 is 2.11 bits per heavy atom. The molecular formula is C13H17FN2O2. The molecule has 0 radical (unpaired) electrons. The largest absolute Gasteiger partial charge is 0.481 e. The molecule has 1 aromatic carbocycles. The van der Waals surface area contributed by atoms with Gasteiger partial charge in [-0.25, -0.2) is 4.39 Å². The summed E-state index contributed by atoms with van der Waals surface area (Å²) >= 11 is 0. The van der Waals surface area contributed by atoms with Crippen molar-refractivity contribution in [2.75, 3.05) is 5.73 Å². The molecule has 0 saturated carbocycles. The summed E-state index contributed by atoms with van der Waals surface area (Å²) in [5.41, 5.74) is 12.7. The van der Waals surface area contributed by atoms with Crippen LogP contribution in [0.1, 0.15) is 30.9 Å². The summed E-state index contributed by atoms with van der Waals surface area (Å²) in [5.74, 6) is -2.94. The molecule has 0 aliphatic rings. The lowest BCUT2D eigenvalue weighted by Gasteiger charge is -2.18. The number of hydrogen-bond acceptors (Lipinski definition) is 3. The fourth-order valence-corrected chi connectivity index (χ4v) is 1.60. The number of anilines is 1. The van der Waals surface area contributed by atoms with Crippen molar-refractivity contribution < 1.29 is 14.3 Å². The average Bonchev–Trinajstić information content (AvgIpc) is 2.24. The van der Waals surface area contributed by atoms with Crippen molar-refractivity contribution >= 4 is 17.2 Å². The minimum Gasteiger partial charge on any atom is -0.481 e. The Morgan fingerprint density at radius 1 is 1.50 bits per heavy atom. The summed E-state index contributed by atoms with van der Waals surface area (Å²) in [6.45, 7) is 4.99. The van der Waals surface area contributed by atoms with Crippen molar-refractivity contribution in [1.82, 2.24) is 0 Å². The van der Waals surface area contributed by atoms with Crippen LogP contribution < -0.4 is 11.5 Å². The Morgan fingerprint density at radius 3 is 2.61 bits per heavy atom. The number of allylic oxidation sites excluding steroid dienone is 1. The van der Waals surface area contributed by atoms with Gasteiger partial charge in [-0.3, -0.25) is 10.5 Å². The van der Waals surface area contributed by atoms with E-state index in [2.05, 4.69) is 6.58 Å². The number of nitrogen functional groups attached to an aromatic ring is 1. The third-order valence-electron chi connectivity index (χ3n) is 2.63. The van der Waals surface area contributed by atoms with Crippen molar-refractivity contribution in [1.29, 1.82) is 0 Å². The van der Waals surface area contributed by atoms with E-state index in [0.29, 0.717) is 17.6 Å². The molecule has 0 bridgehead atoms. The number of benzene rings is 1. The minimum atomic E-state index is -2.03. The number of nitrogens with two attached hydrogens (primary N) is 2. The highest BCUT2D eigenvalue weighted by Gasteiger charge is 2.22. The van der Waals surface area contributed by atoms with Gasteiger partial charge in [-0.05, 0) is 36.6 Å². The van der Waals surface area contributed by atoms with E-state index in [1.54, 1.807) is 12.1 Å². The zero-order valence-corrected chi connectivity index (χ0v) is 10.2. The smallest absolute Gasteiger partial charge is 0.303 e. The minimum absolute atomic E-state index is 0.0198. The van der Waals surface area contributed by atoms with E-state index in [4.69, 9.17) is 16.6 Å². The van der Waals surface area contributed by atoms with E-state index in [1.807, 2.05) is 0 Å². The first-order valence-electron chi connectivity index (χ1n) is 5.49. The van der Waals surface area contributed by atoms with Crippen molar-refractivity contribution in [3.05, 3.63) is 35.9 Å². The van der Waals surface area contributed by atoms with Crippen LogP contribution in [-0.2, 0) is 10.6 Å². The number of halogens is 1. The normalized spacial score (nSPS) is 13.9. The second-order valence-electron chi connectivity index (χ2n) is 4.37. The van der Waals surface area contributed by atoms with Gasteiger partial charge in [-0.2, -0.15) is 0 Å². The molecule has 0 aromatic heterocycles. The second kappa shape index (κ2) is 5.18. The molecule has 1 unspecified atom stereocenters. The van der Waals surface area contributed by atoms with Crippen molar-refractivity contribution in [3.63, 3.8) is 0 Å².